The molecule has 0 saturated carbocycles. The van der Waals surface area contributed by atoms with Gasteiger partial charge in [0.05, 0.1) is 30.8 Å². The van der Waals surface area contributed by atoms with Gasteiger partial charge in [0.15, 0.2) is 0 Å². The zero-order valence-electron chi connectivity index (χ0n) is 16.2. The predicted molar refractivity (Wildman–Crippen MR) is 108 cm³/mol. The minimum absolute atomic E-state index is 0.118. The number of cyclic esters (lactones) is 1. The Hall–Kier alpha value is -3.33. The van der Waals surface area contributed by atoms with Crippen LogP contribution in [0.5, 0.6) is 0 Å². The number of halogens is 1. The molecule has 30 heavy (non-hydrogen) atoms. The molecular weight excluding hydrogens is 393 g/mol. The summed E-state index contributed by atoms with van der Waals surface area (Å²) < 4.78 is 24.9. The Bertz CT molecular complexity index is 938. The van der Waals surface area contributed by atoms with Crippen LogP contribution in [0.4, 0.5) is 20.6 Å². The monoisotopic (exact) mass is 415 g/mol. The maximum atomic E-state index is 14.8. The number of ether oxygens (including phenoxy) is 1. The molecular formula is C21H22FN3O5. The van der Waals surface area contributed by atoms with E-state index in [-0.39, 0.29) is 19.1 Å². The van der Waals surface area contributed by atoms with Gasteiger partial charge in [-0.1, -0.05) is 0 Å². The molecule has 8 nitrogen and oxygen atoms in total. The van der Waals surface area contributed by atoms with Gasteiger partial charge in [-0.05, 0) is 36.4 Å². The predicted octanol–water partition coefficient (Wildman–Crippen LogP) is 2.10. The zero-order valence-corrected chi connectivity index (χ0v) is 16.2. The van der Waals surface area contributed by atoms with Gasteiger partial charge in [0.1, 0.15) is 17.7 Å². The van der Waals surface area contributed by atoms with Crippen molar-refractivity contribution in [1.29, 1.82) is 0 Å². The van der Waals surface area contributed by atoms with Crippen molar-refractivity contribution in [2.75, 3.05) is 49.1 Å². The fraction of sp³-hybridized carbons (Fsp3) is 0.333. The molecule has 158 valence electrons. The molecule has 1 N–H and O–H groups in total. The number of carbonyl (C=O) groups is 2. The molecule has 0 radical (unpaired) electrons. The van der Waals surface area contributed by atoms with Crippen molar-refractivity contribution < 1.29 is 28.2 Å². The molecule has 1 aromatic carbocycles. The summed E-state index contributed by atoms with van der Waals surface area (Å²) in [6.07, 6.45) is 3.43. The van der Waals surface area contributed by atoms with Crippen LogP contribution in [0.25, 0.3) is 6.08 Å². The van der Waals surface area contributed by atoms with Gasteiger partial charge in [-0.2, -0.15) is 0 Å². The summed E-state index contributed by atoms with van der Waals surface area (Å²) in [7, 11) is 0. The third-order valence-corrected chi connectivity index (χ3v) is 5.19. The number of aliphatic hydroxyl groups excluding tert-OH is 1. The number of amides is 2. The van der Waals surface area contributed by atoms with Crippen molar-refractivity contribution in [2.45, 2.75) is 6.10 Å². The van der Waals surface area contributed by atoms with Crippen LogP contribution < -0.4 is 9.80 Å². The van der Waals surface area contributed by atoms with Crippen molar-refractivity contribution in [3.05, 3.63) is 54.2 Å². The third kappa shape index (κ3) is 4.16. The minimum atomic E-state index is -0.604. The van der Waals surface area contributed by atoms with Crippen LogP contribution in [-0.4, -0.2) is 67.4 Å². The van der Waals surface area contributed by atoms with E-state index in [2.05, 4.69) is 0 Å². The first kappa shape index (κ1) is 20.0. The summed E-state index contributed by atoms with van der Waals surface area (Å²) in [5.74, 6) is 0.0365. The highest BCUT2D eigenvalue weighted by Crippen LogP contribution is 2.28. The number of hydrogen-bond donors (Lipinski definition) is 1. The van der Waals surface area contributed by atoms with Gasteiger partial charge >= 0.3 is 6.09 Å². The van der Waals surface area contributed by atoms with Crippen LogP contribution in [-0.2, 0) is 9.53 Å². The molecule has 2 aliphatic heterocycles. The Morgan fingerprint density at radius 2 is 2.03 bits per heavy atom. The van der Waals surface area contributed by atoms with E-state index in [1.807, 2.05) is 4.90 Å². The maximum absolute atomic E-state index is 14.8. The summed E-state index contributed by atoms with van der Waals surface area (Å²) in [5, 5.41) is 9.14. The summed E-state index contributed by atoms with van der Waals surface area (Å²) in [6.45, 7) is 1.84. The maximum Gasteiger partial charge on any atom is 0.414 e. The lowest BCUT2D eigenvalue weighted by Crippen LogP contribution is -2.48. The van der Waals surface area contributed by atoms with Gasteiger partial charge in [0, 0.05) is 32.3 Å². The zero-order chi connectivity index (χ0) is 21.1. The average molecular weight is 415 g/mol. The number of piperazine rings is 1. The molecule has 0 unspecified atom stereocenters. The Morgan fingerprint density at radius 1 is 1.23 bits per heavy atom. The average Bonchev–Trinajstić information content (AvgIpc) is 3.41. The van der Waals surface area contributed by atoms with Gasteiger partial charge < -0.3 is 24.1 Å². The first-order valence-corrected chi connectivity index (χ1v) is 9.69. The van der Waals surface area contributed by atoms with Crippen molar-refractivity contribution in [3.8, 4) is 0 Å². The molecule has 2 saturated heterocycles. The molecule has 9 heteroatoms. The molecule has 3 heterocycles. The van der Waals surface area contributed by atoms with Crippen molar-refractivity contribution in [3.63, 3.8) is 0 Å². The minimum Gasteiger partial charge on any atom is -0.465 e. The quantitative estimate of drug-likeness (QED) is 0.753. The Morgan fingerprint density at radius 3 is 2.67 bits per heavy atom. The highest BCUT2D eigenvalue weighted by Gasteiger charge is 2.32. The highest BCUT2D eigenvalue weighted by molar-refractivity contribution is 5.92. The molecule has 2 aromatic rings. The molecule has 1 aromatic heterocycles. The first-order chi connectivity index (χ1) is 14.5. The molecule has 2 aliphatic rings. The van der Waals surface area contributed by atoms with Gasteiger partial charge in [0.25, 0.3) is 0 Å². The summed E-state index contributed by atoms with van der Waals surface area (Å²) in [6, 6.07) is 8.09. The van der Waals surface area contributed by atoms with E-state index in [9.17, 15) is 14.0 Å². The summed E-state index contributed by atoms with van der Waals surface area (Å²) in [5.41, 5.74) is 0.803. The van der Waals surface area contributed by atoms with Gasteiger partial charge in [-0.25, -0.2) is 9.18 Å². The SMILES string of the molecule is O=C(/C=C/c1ccco1)N1CCN(c2ccc(N3C[C@H](CO)OC3=O)cc2F)CC1. The van der Waals surface area contributed by atoms with Crippen LogP contribution in [0.1, 0.15) is 5.76 Å². The summed E-state index contributed by atoms with van der Waals surface area (Å²) >= 11 is 0. The van der Waals surface area contributed by atoms with E-state index < -0.39 is 18.0 Å². The third-order valence-electron chi connectivity index (χ3n) is 5.19. The second kappa shape index (κ2) is 8.58. The topological polar surface area (TPSA) is 86.5 Å². The van der Waals surface area contributed by atoms with Crippen molar-refractivity contribution >= 4 is 29.5 Å². The second-order valence-corrected chi connectivity index (χ2v) is 7.10. The fourth-order valence-electron chi connectivity index (χ4n) is 3.56. The number of rotatable bonds is 5. The Labute approximate surface area is 172 Å². The molecule has 0 spiro atoms. The molecule has 0 aliphatic carbocycles. The van der Waals surface area contributed by atoms with Gasteiger partial charge in [-0.15, -0.1) is 0 Å². The smallest absolute Gasteiger partial charge is 0.414 e. The van der Waals surface area contributed by atoms with E-state index in [1.165, 1.54) is 17.0 Å². The first-order valence-electron chi connectivity index (χ1n) is 9.69. The number of hydrogen-bond acceptors (Lipinski definition) is 6. The van der Waals surface area contributed by atoms with E-state index in [0.717, 1.165) is 0 Å². The number of anilines is 2. The van der Waals surface area contributed by atoms with Gasteiger partial charge in [0.2, 0.25) is 5.91 Å². The lowest BCUT2D eigenvalue weighted by molar-refractivity contribution is -0.126. The Kier molecular flexibility index (Phi) is 5.71. The van der Waals surface area contributed by atoms with Crippen molar-refractivity contribution in [2.24, 2.45) is 0 Å². The van der Waals surface area contributed by atoms with E-state index in [4.69, 9.17) is 14.3 Å². The number of nitrogens with zero attached hydrogens (tertiary/aromatic N) is 3. The largest absolute Gasteiger partial charge is 0.465 e. The lowest BCUT2D eigenvalue weighted by Gasteiger charge is -2.36. The van der Waals surface area contributed by atoms with E-state index in [1.54, 1.807) is 41.5 Å². The highest BCUT2D eigenvalue weighted by atomic mass is 19.1. The summed E-state index contributed by atoms with van der Waals surface area (Å²) in [4.78, 5) is 29.1. The van der Waals surface area contributed by atoms with Crippen LogP contribution in [0.2, 0.25) is 0 Å². The number of aliphatic hydroxyl groups is 1. The molecule has 2 fully saturated rings. The van der Waals surface area contributed by atoms with E-state index in [0.29, 0.717) is 43.3 Å². The second-order valence-electron chi connectivity index (χ2n) is 7.10. The molecule has 4 rings (SSSR count). The standard InChI is InChI=1S/C21H22FN3O5/c22-18-12-15(25-13-17(14-26)30-21(25)28)3-5-19(18)23-7-9-24(10-8-23)20(27)6-4-16-2-1-11-29-16/h1-6,11-12,17,26H,7-10,13-14H2/b6-4+/t17-/m1/s1. The number of furan rings is 1. The number of benzene rings is 1. The van der Waals surface area contributed by atoms with Crippen molar-refractivity contribution in [1.82, 2.24) is 4.90 Å². The number of carbonyl (C=O) groups excluding carboxylic acids is 2. The molecule has 1 atom stereocenters. The van der Waals surface area contributed by atoms with Crippen LogP contribution in [0.3, 0.4) is 0 Å². The van der Waals surface area contributed by atoms with Crippen LogP contribution >= 0.6 is 0 Å². The fourth-order valence-corrected chi connectivity index (χ4v) is 3.56. The van der Waals surface area contributed by atoms with Crippen LogP contribution in [0.15, 0.2) is 47.1 Å². The normalized spacial score (nSPS) is 19.6. The molecule has 2 amide bonds. The molecule has 0 bridgehead atoms. The van der Waals surface area contributed by atoms with Crippen LogP contribution in [0, 0.1) is 5.82 Å². The van der Waals surface area contributed by atoms with E-state index >= 15 is 0 Å². The lowest BCUT2D eigenvalue weighted by atomic mass is 10.2. The van der Waals surface area contributed by atoms with Gasteiger partial charge in [-0.3, -0.25) is 9.69 Å². The Balaban J connectivity index is 1.36.